The van der Waals surface area contributed by atoms with Gasteiger partial charge in [0.1, 0.15) is 0 Å². The van der Waals surface area contributed by atoms with Crippen LogP contribution in [0.5, 0.6) is 0 Å². The largest absolute Gasteiger partial charge is 0.334 e. The van der Waals surface area contributed by atoms with Crippen molar-refractivity contribution < 1.29 is 4.79 Å². The second-order valence-electron chi connectivity index (χ2n) is 6.81. The molecule has 4 rings (SSSR count). The van der Waals surface area contributed by atoms with Gasteiger partial charge >= 0.3 is 0 Å². The molecule has 1 amide bonds. The van der Waals surface area contributed by atoms with Crippen LogP contribution in [0.2, 0.25) is 5.02 Å². The fourth-order valence-corrected chi connectivity index (χ4v) is 3.55. The number of nitrogens with zero attached hydrogens (tertiary/aromatic N) is 8. The van der Waals surface area contributed by atoms with Crippen molar-refractivity contribution >= 4 is 23.2 Å². The third-order valence-corrected chi connectivity index (χ3v) is 5.32. The van der Waals surface area contributed by atoms with Crippen molar-refractivity contribution in [2.45, 2.75) is 26.9 Å². The molecule has 0 atom stereocenters. The van der Waals surface area contributed by atoms with E-state index in [1.54, 1.807) is 46.7 Å². The quantitative estimate of drug-likeness (QED) is 0.503. The Kier molecular flexibility index (Phi) is 4.83. The van der Waals surface area contributed by atoms with Crippen molar-refractivity contribution in [3.05, 3.63) is 52.8 Å². The van der Waals surface area contributed by atoms with Crippen molar-refractivity contribution in [2.24, 2.45) is 7.05 Å². The van der Waals surface area contributed by atoms with Gasteiger partial charge in [0, 0.05) is 44.2 Å². The van der Waals surface area contributed by atoms with Crippen molar-refractivity contribution in [1.82, 2.24) is 39.1 Å². The van der Waals surface area contributed by atoms with Crippen LogP contribution in [-0.2, 0) is 20.1 Å². The lowest BCUT2D eigenvalue weighted by Crippen LogP contribution is -2.27. The molecule has 0 spiro atoms. The molecule has 0 fully saturated rings. The molecule has 0 radical (unpaired) electrons. The van der Waals surface area contributed by atoms with Crippen LogP contribution < -0.4 is 0 Å². The number of carbonyl (C=O) groups is 1. The van der Waals surface area contributed by atoms with Gasteiger partial charge in [0.05, 0.1) is 35.3 Å². The van der Waals surface area contributed by atoms with E-state index in [1.165, 1.54) is 0 Å². The van der Waals surface area contributed by atoms with E-state index in [4.69, 9.17) is 11.6 Å². The van der Waals surface area contributed by atoms with Gasteiger partial charge in [-0.25, -0.2) is 9.50 Å². The summed E-state index contributed by atoms with van der Waals surface area (Å²) < 4.78 is 5.26. The first-order valence-corrected chi connectivity index (χ1v) is 9.58. The zero-order chi connectivity index (χ0) is 20.7. The number of aromatic nitrogens is 7. The summed E-state index contributed by atoms with van der Waals surface area (Å²) in [7, 11) is 3.50. The highest BCUT2D eigenvalue weighted by atomic mass is 35.5. The van der Waals surface area contributed by atoms with E-state index >= 15 is 0 Å². The van der Waals surface area contributed by atoms with E-state index in [-0.39, 0.29) is 5.91 Å². The van der Waals surface area contributed by atoms with E-state index < -0.39 is 0 Å². The Hall–Kier alpha value is -3.20. The summed E-state index contributed by atoms with van der Waals surface area (Å²) in [5, 5.41) is 13.6. The number of fused-ring (bicyclic) bond motifs is 1. The van der Waals surface area contributed by atoms with Crippen molar-refractivity contribution in [2.75, 3.05) is 7.05 Å². The molecule has 0 aromatic carbocycles. The van der Waals surface area contributed by atoms with Gasteiger partial charge in [0.25, 0.3) is 5.91 Å². The molecule has 0 bridgehead atoms. The molecule has 0 saturated carbocycles. The second kappa shape index (κ2) is 7.32. The Morgan fingerprint density at radius 1 is 1.28 bits per heavy atom. The van der Waals surface area contributed by atoms with Crippen LogP contribution in [0, 0.1) is 6.92 Å². The Morgan fingerprint density at radius 3 is 2.72 bits per heavy atom. The summed E-state index contributed by atoms with van der Waals surface area (Å²) in [6.07, 6.45) is 5.09. The van der Waals surface area contributed by atoms with Gasteiger partial charge in [-0.2, -0.15) is 15.3 Å². The zero-order valence-corrected chi connectivity index (χ0v) is 17.4. The summed E-state index contributed by atoms with van der Waals surface area (Å²) in [5.41, 5.74) is 4.49. The van der Waals surface area contributed by atoms with Gasteiger partial charge in [0.15, 0.2) is 11.3 Å². The molecule has 4 aromatic heterocycles. The maximum absolute atomic E-state index is 13.0. The number of aryl methyl sites for hydroxylation is 2. The maximum Gasteiger partial charge on any atom is 0.274 e. The minimum atomic E-state index is -0.223. The molecule has 4 heterocycles. The Morgan fingerprint density at radius 2 is 2.07 bits per heavy atom. The summed E-state index contributed by atoms with van der Waals surface area (Å²) in [6, 6.07) is 3.56. The fourth-order valence-electron chi connectivity index (χ4n) is 3.33. The molecule has 0 aliphatic rings. The van der Waals surface area contributed by atoms with Crippen LogP contribution in [0.3, 0.4) is 0 Å². The lowest BCUT2D eigenvalue weighted by molar-refractivity contribution is 0.0776. The number of amides is 1. The van der Waals surface area contributed by atoms with Crippen LogP contribution in [0.25, 0.3) is 16.9 Å². The van der Waals surface area contributed by atoms with Crippen LogP contribution >= 0.6 is 11.6 Å². The topological polar surface area (TPSA) is 86.1 Å². The van der Waals surface area contributed by atoms with E-state index in [2.05, 4.69) is 20.3 Å². The summed E-state index contributed by atoms with van der Waals surface area (Å²) in [6.45, 7) is 5.16. The standard InChI is InChI=1S/C19H21ClN8O/c1-5-27-12(2)13(9-23-27)16-6-7-21-18-8-15(24-28(16)18)19(29)25(3)11-17-14(20)10-22-26(17)4/h6-10H,5,11H2,1-4H3. The number of hydrogen-bond donors (Lipinski definition) is 0. The second-order valence-corrected chi connectivity index (χ2v) is 7.22. The number of carbonyl (C=O) groups excluding carboxylic acids is 1. The molecule has 0 aliphatic carbocycles. The summed E-state index contributed by atoms with van der Waals surface area (Å²) >= 11 is 6.16. The Labute approximate surface area is 172 Å². The summed E-state index contributed by atoms with van der Waals surface area (Å²) in [5.74, 6) is -0.223. The first-order chi connectivity index (χ1) is 13.9. The number of halogens is 1. The lowest BCUT2D eigenvalue weighted by Gasteiger charge is -2.16. The van der Waals surface area contributed by atoms with Crippen LogP contribution in [0.1, 0.15) is 28.8 Å². The molecule has 150 valence electrons. The van der Waals surface area contributed by atoms with Gasteiger partial charge in [-0.05, 0) is 19.9 Å². The number of rotatable bonds is 5. The lowest BCUT2D eigenvalue weighted by atomic mass is 10.2. The molecule has 10 heteroatoms. The Bertz CT molecular complexity index is 1180. The monoisotopic (exact) mass is 412 g/mol. The summed E-state index contributed by atoms with van der Waals surface area (Å²) in [4.78, 5) is 18.9. The molecule has 29 heavy (non-hydrogen) atoms. The predicted octanol–water partition coefficient (Wildman–Crippen LogP) is 2.58. The molecule has 9 nitrogen and oxygen atoms in total. The van der Waals surface area contributed by atoms with Gasteiger partial charge in [-0.3, -0.25) is 14.2 Å². The predicted molar refractivity (Wildman–Crippen MR) is 109 cm³/mol. The zero-order valence-electron chi connectivity index (χ0n) is 16.7. The highest BCUT2D eigenvalue weighted by Gasteiger charge is 2.20. The third kappa shape index (κ3) is 3.27. The first-order valence-electron chi connectivity index (χ1n) is 9.20. The number of hydrogen-bond acceptors (Lipinski definition) is 5. The van der Waals surface area contributed by atoms with Crippen molar-refractivity contribution in [3.63, 3.8) is 0 Å². The van der Waals surface area contributed by atoms with Crippen molar-refractivity contribution in [1.29, 1.82) is 0 Å². The fraction of sp³-hybridized carbons (Fsp3) is 0.316. The van der Waals surface area contributed by atoms with Gasteiger partial charge in [-0.1, -0.05) is 11.6 Å². The third-order valence-electron chi connectivity index (χ3n) is 5.00. The van der Waals surface area contributed by atoms with Crippen LogP contribution in [0.15, 0.2) is 30.7 Å². The van der Waals surface area contributed by atoms with Crippen LogP contribution in [0.4, 0.5) is 0 Å². The molecular weight excluding hydrogens is 392 g/mol. The molecule has 0 unspecified atom stereocenters. The van der Waals surface area contributed by atoms with Gasteiger partial charge < -0.3 is 4.90 Å². The average Bonchev–Trinajstić information content (AvgIpc) is 3.39. The van der Waals surface area contributed by atoms with E-state index in [0.717, 1.165) is 29.2 Å². The average molecular weight is 413 g/mol. The molecule has 4 aromatic rings. The highest BCUT2D eigenvalue weighted by molar-refractivity contribution is 6.31. The van der Waals surface area contributed by atoms with E-state index in [1.807, 2.05) is 30.8 Å². The Balaban J connectivity index is 1.68. The SMILES string of the molecule is CCn1ncc(-c2ccnc3cc(C(=O)N(C)Cc4c(Cl)cnn4C)nn23)c1C. The van der Waals surface area contributed by atoms with Gasteiger partial charge in [-0.15, -0.1) is 0 Å². The first kappa shape index (κ1) is 19.1. The van der Waals surface area contributed by atoms with Gasteiger partial charge in [0.2, 0.25) is 0 Å². The molecule has 0 N–H and O–H groups in total. The molecular formula is C19H21ClN8O. The van der Waals surface area contributed by atoms with E-state index in [0.29, 0.717) is 22.9 Å². The van der Waals surface area contributed by atoms with E-state index in [9.17, 15) is 4.79 Å². The highest BCUT2D eigenvalue weighted by Crippen LogP contribution is 2.24. The molecule has 0 aliphatic heterocycles. The molecule has 0 saturated heterocycles. The minimum absolute atomic E-state index is 0.223. The normalized spacial score (nSPS) is 11.3. The minimum Gasteiger partial charge on any atom is -0.334 e. The maximum atomic E-state index is 13.0. The smallest absolute Gasteiger partial charge is 0.274 e. The van der Waals surface area contributed by atoms with Crippen molar-refractivity contribution in [3.8, 4) is 11.3 Å². The van der Waals surface area contributed by atoms with Crippen LogP contribution in [-0.4, -0.2) is 52.0 Å².